The van der Waals surface area contributed by atoms with Crippen LogP contribution >= 0.6 is 0 Å². The van der Waals surface area contributed by atoms with E-state index in [1.807, 2.05) is 6.33 Å². The molecule has 0 aromatic carbocycles. The fourth-order valence-corrected chi connectivity index (χ4v) is 2.35. The van der Waals surface area contributed by atoms with Gasteiger partial charge in [-0.2, -0.15) is 0 Å². The van der Waals surface area contributed by atoms with Gasteiger partial charge in [0.25, 0.3) is 0 Å². The van der Waals surface area contributed by atoms with E-state index in [1.54, 1.807) is 0 Å². The molecule has 0 aliphatic heterocycles. The Morgan fingerprint density at radius 1 is 1.16 bits per heavy atom. The summed E-state index contributed by atoms with van der Waals surface area (Å²) >= 11 is 0. The normalized spacial score (nSPS) is 12.8. The van der Waals surface area contributed by atoms with Crippen LogP contribution in [0.2, 0.25) is 0 Å². The standard InChI is InChI=1S/C15H30N4/c1-3-5-6-7-8-9-10-11-14(18-16)15-12-19(4-2)13-17-15/h12-14,18H,3-11,16H2,1-2H3. The molecule has 0 fully saturated rings. The lowest BCUT2D eigenvalue weighted by molar-refractivity contribution is 0.468. The fourth-order valence-electron chi connectivity index (χ4n) is 2.35. The van der Waals surface area contributed by atoms with Crippen molar-refractivity contribution < 1.29 is 0 Å². The van der Waals surface area contributed by atoms with E-state index in [0.717, 1.165) is 18.7 Å². The van der Waals surface area contributed by atoms with Crippen LogP contribution < -0.4 is 11.3 Å². The predicted molar refractivity (Wildman–Crippen MR) is 80.6 cm³/mol. The molecule has 1 rings (SSSR count). The maximum atomic E-state index is 5.64. The molecule has 0 radical (unpaired) electrons. The Kier molecular flexibility index (Phi) is 8.50. The van der Waals surface area contributed by atoms with Gasteiger partial charge in [-0.1, -0.05) is 51.9 Å². The molecular weight excluding hydrogens is 236 g/mol. The van der Waals surface area contributed by atoms with E-state index >= 15 is 0 Å². The minimum atomic E-state index is 0.198. The number of unbranched alkanes of at least 4 members (excludes halogenated alkanes) is 6. The first-order valence-electron chi connectivity index (χ1n) is 7.79. The summed E-state index contributed by atoms with van der Waals surface area (Å²) in [6, 6.07) is 0.198. The molecule has 0 saturated heterocycles. The van der Waals surface area contributed by atoms with Gasteiger partial charge in [0.2, 0.25) is 0 Å². The Morgan fingerprint density at radius 2 is 1.84 bits per heavy atom. The van der Waals surface area contributed by atoms with Crippen molar-refractivity contribution in [1.82, 2.24) is 15.0 Å². The third kappa shape index (κ3) is 6.21. The van der Waals surface area contributed by atoms with E-state index in [0.29, 0.717) is 0 Å². The second-order valence-corrected chi connectivity index (χ2v) is 5.26. The molecule has 0 bridgehead atoms. The van der Waals surface area contributed by atoms with E-state index in [-0.39, 0.29) is 6.04 Å². The largest absolute Gasteiger partial charge is 0.337 e. The van der Waals surface area contributed by atoms with Crippen molar-refractivity contribution in [3.05, 3.63) is 18.2 Å². The minimum Gasteiger partial charge on any atom is -0.337 e. The van der Waals surface area contributed by atoms with Crippen molar-refractivity contribution in [2.24, 2.45) is 5.84 Å². The van der Waals surface area contributed by atoms with Gasteiger partial charge in [0.05, 0.1) is 18.1 Å². The summed E-state index contributed by atoms with van der Waals surface area (Å²) in [5.74, 6) is 5.64. The lowest BCUT2D eigenvalue weighted by Crippen LogP contribution is -2.28. The number of imidazole rings is 1. The zero-order valence-electron chi connectivity index (χ0n) is 12.6. The predicted octanol–water partition coefficient (Wildman–Crippen LogP) is 3.55. The zero-order valence-corrected chi connectivity index (χ0v) is 12.6. The number of nitrogens with one attached hydrogen (secondary N) is 1. The van der Waals surface area contributed by atoms with Gasteiger partial charge in [-0.3, -0.25) is 11.3 Å². The first-order valence-corrected chi connectivity index (χ1v) is 7.79. The molecule has 1 unspecified atom stereocenters. The van der Waals surface area contributed by atoms with Crippen molar-refractivity contribution in [1.29, 1.82) is 0 Å². The molecule has 0 spiro atoms. The summed E-state index contributed by atoms with van der Waals surface area (Å²) in [6.45, 7) is 5.33. The second-order valence-electron chi connectivity index (χ2n) is 5.26. The summed E-state index contributed by atoms with van der Waals surface area (Å²) in [5, 5.41) is 0. The van der Waals surface area contributed by atoms with Crippen molar-refractivity contribution in [2.75, 3.05) is 0 Å². The smallest absolute Gasteiger partial charge is 0.0950 e. The van der Waals surface area contributed by atoms with Crippen LogP contribution in [-0.2, 0) is 6.54 Å². The van der Waals surface area contributed by atoms with Crippen LogP contribution in [0.3, 0.4) is 0 Å². The van der Waals surface area contributed by atoms with Crippen molar-refractivity contribution in [3.63, 3.8) is 0 Å². The fraction of sp³-hybridized carbons (Fsp3) is 0.800. The van der Waals surface area contributed by atoms with Crippen molar-refractivity contribution >= 4 is 0 Å². The van der Waals surface area contributed by atoms with Crippen LogP contribution in [0, 0.1) is 0 Å². The summed E-state index contributed by atoms with van der Waals surface area (Å²) in [5.41, 5.74) is 3.96. The molecule has 0 aliphatic rings. The molecule has 110 valence electrons. The van der Waals surface area contributed by atoms with Crippen LogP contribution in [0.1, 0.15) is 76.9 Å². The average molecular weight is 266 g/mol. The van der Waals surface area contributed by atoms with E-state index < -0.39 is 0 Å². The van der Waals surface area contributed by atoms with Gasteiger partial charge in [0.1, 0.15) is 0 Å². The number of aromatic nitrogens is 2. The van der Waals surface area contributed by atoms with Crippen LogP contribution in [-0.4, -0.2) is 9.55 Å². The summed E-state index contributed by atoms with van der Waals surface area (Å²) in [7, 11) is 0. The highest BCUT2D eigenvalue weighted by Crippen LogP contribution is 2.18. The number of rotatable bonds is 11. The molecule has 0 saturated carbocycles. The number of hydrogen-bond donors (Lipinski definition) is 2. The van der Waals surface area contributed by atoms with Crippen molar-refractivity contribution in [2.45, 2.75) is 77.8 Å². The Hall–Kier alpha value is -0.870. The third-order valence-corrected chi connectivity index (χ3v) is 3.67. The van der Waals surface area contributed by atoms with E-state index in [9.17, 15) is 0 Å². The van der Waals surface area contributed by atoms with E-state index in [2.05, 4.69) is 35.0 Å². The third-order valence-electron chi connectivity index (χ3n) is 3.67. The Morgan fingerprint density at radius 3 is 2.42 bits per heavy atom. The van der Waals surface area contributed by atoms with E-state index in [4.69, 9.17) is 5.84 Å². The molecule has 1 aromatic heterocycles. The van der Waals surface area contributed by atoms with Gasteiger partial charge in [0.15, 0.2) is 0 Å². The molecule has 4 heteroatoms. The highest BCUT2D eigenvalue weighted by atomic mass is 15.2. The molecule has 1 heterocycles. The molecular formula is C15H30N4. The highest BCUT2D eigenvalue weighted by molar-refractivity contribution is 5.03. The van der Waals surface area contributed by atoms with Crippen LogP contribution in [0.4, 0.5) is 0 Å². The lowest BCUT2D eigenvalue weighted by atomic mass is 10.0. The minimum absolute atomic E-state index is 0.198. The molecule has 3 N–H and O–H groups in total. The first-order chi connectivity index (χ1) is 9.31. The van der Waals surface area contributed by atoms with Crippen LogP contribution in [0.25, 0.3) is 0 Å². The maximum Gasteiger partial charge on any atom is 0.0950 e. The Balaban J connectivity index is 2.18. The van der Waals surface area contributed by atoms with Crippen LogP contribution in [0.15, 0.2) is 12.5 Å². The summed E-state index contributed by atoms with van der Waals surface area (Å²) in [6.07, 6.45) is 14.4. The second kappa shape index (κ2) is 9.98. The van der Waals surface area contributed by atoms with Gasteiger partial charge in [-0.15, -0.1) is 0 Å². The van der Waals surface area contributed by atoms with Crippen LogP contribution in [0.5, 0.6) is 0 Å². The van der Waals surface area contributed by atoms with Gasteiger partial charge in [-0.05, 0) is 13.3 Å². The SMILES string of the molecule is CCCCCCCCCC(NN)c1cn(CC)cn1. The highest BCUT2D eigenvalue weighted by Gasteiger charge is 2.11. The first kappa shape index (κ1) is 16.2. The van der Waals surface area contributed by atoms with Gasteiger partial charge in [0, 0.05) is 12.7 Å². The zero-order chi connectivity index (χ0) is 13.9. The number of nitrogens with two attached hydrogens (primary N) is 1. The molecule has 4 nitrogen and oxygen atoms in total. The lowest BCUT2D eigenvalue weighted by Gasteiger charge is -2.13. The van der Waals surface area contributed by atoms with Gasteiger partial charge >= 0.3 is 0 Å². The topological polar surface area (TPSA) is 55.9 Å². The molecule has 0 aliphatic carbocycles. The molecule has 0 amide bonds. The number of hydrogen-bond acceptors (Lipinski definition) is 3. The Bertz CT molecular complexity index is 322. The number of aryl methyl sites for hydroxylation is 1. The monoisotopic (exact) mass is 266 g/mol. The number of nitrogens with zero attached hydrogens (tertiary/aromatic N) is 2. The molecule has 1 aromatic rings. The Labute approximate surface area is 117 Å². The number of hydrazine groups is 1. The molecule has 1 atom stereocenters. The summed E-state index contributed by atoms with van der Waals surface area (Å²) in [4.78, 5) is 4.42. The molecule has 19 heavy (non-hydrogen) atoms. The quantitative estimate of drug-likeness (QED) is 0.366. The van der Waals surface area contributed by atoms with Gasteiger partial charge < -0.3 is 4.57 Å². The maximum absolute atomic E-state index is 5.64. The van der Waals surface area contributed by atoms with Crippen molar-refractivity contribution in [3.8, 4) is 0 Å². The average Bonchev–Trinajstić information content (AvgIpc) is 2.91. The van der Waals surface area contributed by atoms with Gasteiger partial charge in [-0.25, -0.2) is 4.98 Å². The summed E-state index contributed by atoms with van der Waals surface area (Å²) < 4.78 is 2.09. The van der Waals surface area contributed by atoms with E-state index in [1.165, 1.54) is 44.9 Å².